The molecule has 212 valence electrons. The van der Waals surface area contributed by atoms with Gasteiger partial charge in [-0.3, -0.25) is 0 Å². The molecule has 0 aromatic heterocycles. The predicted molar refractivity (Wildman–Crippen MR) is 132 cm³/mol. The zero-order valence-corrected chi connectivity index (χ0v) is 22.7. The highest BCUT2D eigenvalue weighted by molar-refractivity contribution is 7.89. The van der Waals surface area contributed by atoms with Crippen LogP contribution in [0.3, 0.4) is 0 Å². The average Bonchev–Trinajstić information content (AvgIpc) is 3.10. The van der Waals surface area contributed by atoms with E-state index in [4.69, 9.17) is 14.2 Å². The third-order valence-corrected chi connectivity index (χ3v) is 8.39. The molecule has 13 heteroatoms. The number of halogens is 3. The zero-order chi connectivity index (χ0) is 28.8. The Hall–Kier alpha value is -3.32. The number of hydrogen-bond acceptors (Lipinski definition) is 7. The highest BCUT2D eigenvalue weighted by atomic mass is 32.2. The molecule has 2 saturated heterocycles. The maximum Gasteiger partial charge on any atom is 0.410 e. The van der Waals surface area contributed by atoms with Crippen LogP contribution >= 0.6 is 0 Å². The third kappa shape index (κ3) is 5.55. The Labute approximate surface area is 224 Å². The van der Waals surface area contributed by atoms with Gasteiger partial charge in [-0.25, -0.2) is 31.2 Å². The minimum Gasteiger partial charge on any atom is -0.465 e. The van der Waals surface area contributed by atoms with Crippen molar-refractivity contribution in [2.24, 2.45) is 0 Å². The number of amides is 1. The van der Waals surface area contributed by atoms with Gasteiger partial charge in [0.15, 0.2) is 22.9 Å². The molecule has 2 atom stereocenters. The lowest BCUT2D eigenvalue weighted by Gasteiger charge is -2.46. The molecule has 0 N–H and O–H groups in total. The second-order valence-corrected chi connectivity index (χ2v) is 12.2. The van der Waals surface area contributed by atoms with Crippen molar-refractivity contribution in [3.63, 3.8) is 0 Å². The van der Waals surface area contributed by atoms with Gasteiger partial charge in [0.1, 0.15) is 17.2 Å². The lowest BCUT2D eigenvalue weighted by molar-refractivity contribution is -0.156. The van der Waals surface area contributed by atoms with Crippen LogP contribution in [-0.4, -0.2) is 66.6 Å². The Morgan fingerprint density at radius 1 is 1.08 bits per heavy atom. The number of ether oxygens (including phenoxy) is 3. The van der Waals surface area contributed by atoms with E-state index in [0.29, 0.717) is 12.1 Å². The van der Waals surface area contributed by atoms with Crippen LogP contribution in [0.2, 0.25) is 0 Å². The second kappa shape index (κ2) is 10.3. The van der Waals surface area contributed by atoms with Gasteiger partial charge in [0.2, 0.25) is 10.0 Å². The van der Waals surface area contributed by atoms with Crippen LogP contribution in [-0.2, 0) is 24.3 Å². The smallest absolute Gasteiger partial charge is 0.410 e. The number of likely N-dealkylation sites (tertiary alicyclic amines) is 1. The van der Waals surface area contributed by atoms with Crippen LogP contribution in [0.25, 0.3) is 0 Å². The lowest BCUT2D eigenvalue weighted by Crippen LogP contribution is -2.67. The van der Waals surface area contributed by atoms with E-state index in [2.05, 4.69) is 0 Å². The summed E-state index contributed by atoms with van der Waals surface area (Å²) >= 11 is 0. The lowest BCUT2D eigenvalue weighted by atomic mass is 9.97. The van der Waals surface area contributed by atoms with E-state index in [1.807, 2.05) is 0 Å². The number of carbonyl (C=O) groups excluding carboxylic acids is 2. The standard InChI is InChI=1S/C26H29F3N2O7S/c1-5-36-23(32)26-11-10-17(14-30(15-26)24(33)38-25(2,3)4)31(26)39(34,35)19-12-20(28)22(21(29)13-19)37-18-8-6-16(27)7-9-18/h6-9,12-13,17H,5,10-11,14-15H2,1-4H3. The Morgan fingerprint density at radius 2 is 1.69 bits per heavy atom. The number of esters is 1. The second-order valence-electron chi connectivity index (χ2n) is 10.4. The van der Waals surface area contributed by atoms with E-state index in [-0.39, 0.29) is 38.3 Å². The van der Waals surface area contributed by atoms with Gasteiger partial charge in [-0.15, -0.1) is 0 Å². The summed E-state index contributed by atoms with van der Waals surface area (Å²) in [6.45, 7) is 6.08. The molecule has 39 heavy (non-hydrogen) atoms. The number of nitrogens with zero attached hydrogens (tertiary/aromatic N) is 2. The van der Waals surface area contributed by atoms with E-state index < -0.39 is 67.4 Å². The SMILES string of the molecule is CCOC(=O)C12CCC(CN(C(=O)OC(C)(C)C)C1)N2S(=O)(=O)c1cc(F)c(Oc2ccc(F)cc2)c(F)c1. The van der Waals surface area contributed by atoms with Gasteiger partial charge in [0, 0.05) is 12.6 Å². The molecule has 2 unspecified atom stereocenters. The van der Waals surface area contributed by atoms with Gasteiger partial charge in [-0.05, 0) is 76.9 Å². The summed E-state index contributed by atoms with van der Waals surface area (Å²) in [5.74, 6) is -5.03. The fourth-order valence-corrected chi connectivity index (χ4v) is 6.84. The van der Waals surface area contributed by atoms with Crippen molar-refractivity contribution >= 4 is 22.1 Å². The van der Waals surface area contributed by atoms with Gasteiger partial charge >= 0.3 is 12.1 Å². The molecule has 0 saturated carbocycles. The first-order valence-electron chi connectivity index (χ1n) is 12.3. The molecule has 4 rings (SSSR count). The number of benzene rings is 2. The Bertz CT molecular complexity index is 1360. The molecule has 2 aromatic rings. The van der Waals surface area contributed by atoms with Crippen LogP contribution in [0.1, 0.15) is 40.5 Å². The molecule has 2 fully saturated rings. The first-order chi connectivity index (χ1) is 18.2. The molecule has 0 radical (unpaired) electrons. The summed E-state index contributed by atoms with van der Waals surface area (Å²) in [4.78, 5) is 26.6. The molecule has 2 aliphatic rings. The number of rotatable bonds is 6. The summed E-state index contributed by atoms with van der Waals surface area (Å²) in [6.07, 6.45) is -0.487. The summed E-state index contributed by atoms with van der Waals surface area (Å²) in [6, 6.07) is 4.69. The maximum atomic E-state index is 15.0. The average molecular weight is 571 g/mol. The highest BCUT2D eigenvalue weighted by Gasteiger charge is 2.62. The predicted octanol–water partition coefficient (Wildman–Crippen LogP) is 4.60. The number of hydrogen-bond donors (Lipinski definition) is 0. The molecule has 2 aromatic carbocycles. The molecule has 0 aliphatic carbocycles. The van der Waals surface area contributed by atoms with Crippen LogP contribution < -0.4 is 4.74 Å². The van der Waals surface area contributed by atoms with Crippen LogP contribution in [0, 0.1) is 17.5 Å². The van der Waals surface area contributed by atoms with Crippen LogP contribution in [0.15, 0.2) is 41.3 Å². The monoisotopic (exact) mass is 570 g/mol. The zero-order valence-electron chi connectivity index (χ0n) is 21.9. The van der Waals surface area contributed by atoms with Gasteiger partial charge in [-0.1, -0.05) is 0 Å². The molecule has 1 amide bonds. The van der Waals surface area contributed by atoms with E-state index in [1.54, 1.807) is 27.7 Å². The summed E-state index contributed by atoms with van der Waals surface area (Å²) < 4.78 is 87.6. The molecular weight excluding hydrogens is 541 g/mol. The van der Waals surface area contributed by atoms with Crippen LogP contribution in [0.4, 0.5) is 18.0 Å². The fraction of sp³-hybridized carbons (Fsp3) is 0.462. The van der Waals surface area contributed by atoms with Crippen molar-refractivity contribution in [3.8, 4) is 11.5 Å². The summed E-state index contributed by atoms with van der Waals surface area (Å²) in [7, 11) is -4.68. The van der Waals surface area contributed by atoms with Gasteiger partial charge < -0.3 is 19.1 Å². The Kier molecular flexibility index (Phi) is 7.60. The first-order valence-corrected chi connectivity index (χ1v) is 13.7. The number of sulfonamides is 1. The third-order valence-electron chi connectivity index (χ3n) is 6.40. The number of piperazine rings is 1. The highest BCUT2D eigenvalue weighted by Crippen LogP contribution is 2.45. The van der Waals surface area contributed by atoms with Gasteiger partial charge in [0.05, 0.1) is 18.0 Å². The Morgan fingerprint density at radius 3 is 2.26 bits per heavy atom. The largest absolute Gasteiger partial charge is 0.465 e. The minimum atomic E-state index is -4.68. The molecule has 9 nitrogen and oxygen atoms in total. The van der Waals surface area contributed by atoms with Crippen molar-refractivity contribution in [1.29, 1.82) is 0 Å². The first kappa shape index (κ1) is 28.7. The van der Waals surface area contributed by atoms with E-state index in [1.165, 1.54) is 4.90 Å². The number of fused-ring (bicyclic) bond motifs is 2. The van der Waals surface area contributed by atoms with Gasteiger partial charge in [0.25, 0.3) is 0 Å². The van der Waals surface area contributed by atoms with E-state index >= 15 is 8.78 Å². The Balaban J connectivity index is 1.70. The molecule has 2 aliphatic heterocycles. The van der Waals surface area contributed by atoms with Gasteiger partial charge in [-0.2, -0.15) is 4.31 Å². The summed E-state index contributed by atoms with van der Waals surface area (Å²) in [5.41, 5.74) is -2.64. The van der Waals surface area contributed by atoms with Crippen molar-refractivity contribution in [1.82, 2.24) is 9.21 Å². The number of carbonyl (C=O) groups is 2. The molecule has 2 heterocycles. The van der Waals surface area contributed by atoms with Crippen LogP contribution in [0.5, 0.6) is 11.5 Å². The van der Waals surface area contributed by atoms with Crippen molar-refractivity contribution in [2.45, 2.75) is 62.6 Å². The molecule has 2 bridgehead atoms. The quantitative estimate of drug-likeness (QED) is 0.468. The fourth-order valence-electron chi connectivity index (χ4n) is 4.86. The van der Waals surface area contributed by atoms with E-state index in [0.717, 1.165) is 28.6 Å². The van der Waals surface area contributed by atoms with Crippen molar-refractivity contribution in [2.75, 3.05) is 19.7 Å². The maximum absolute atomic E-state index is 15.0. The molecule has 0 spiro atoms. The normalized spacial score (nSPS) is 21.5. The topological polar surface area (TPSA) is 102 Å². The molecular formula is C26H29F3N2O7S. The van der Waals surface area contributed by atoms with Crippen molar-refractivity contribution in [3.05, 3.63) is 53.8 Å². The minimum absolute atomic E-state index is 0.0335. The van der Waals surface area contributed by atoms with Crippen molar-refractivity contribution < 1.29 is 45.4 Å². The van der Waals surface area contributed by atoms with E-state index in [9.17, 15) is 22.4 Å². The summed E-state index contributed by atoms with van der Waals surface area (Å²) in [5, 5.41) is 0.